The Morgan fingerprint density at radius 3 is 2.75 bits per heavy atom. The summed E-state index contributed by atoms with van der Waals surface area (Å²) in [5.74, 6) is 1.01. The number of rotatable bonds is 10. The molecule has 0 saturated carbocycles. The van der Waals surface area contributed by atoms with Crippen molar-refractivity contribution in [3.63, 3.8) is 0 Å². The minimum Gasteiger partial charge on any atom is -0.497 e. The highest BCUT2D eigenvalue weighted by Crippen LogP contribution is 2.12. The number of amides is 1. The molecule has 0 radical (unpaired) electrons. The van der Waals surface area contributed by atoms with Gasteiger partial charge in [0.05, 0.1) is 13.2 Å². The van der Waals surface area contributed by atoms with Crippen molar-refractivity contribution >= 4 is 5.91 Å². The maximum atomic E-state index is 12.2. The number of ether oxygens (including phenoxy) is 1. The molecule has 134 valence electrons. The second-order valence-electron chi connectivity index (χ2n) is 6.47. The number of carbonyl (C=O) groups excluding carboxylic acids is 1. The molecule has 1 saturated heterocycles. The Labute approximate surface area is 145 Å². The van der Waals surface area contributed by atoms with Crippen molar-refractivity contribution in [2.75, 3.05) is 20.2 Å². The van der Waals surface area contributed by atoms with E-state index in [1.165, 1.54) is 24.8 Å². The average molecular weight is 333 g/mol. The van der Waals surface area contributed by atoms with Crippen LogP contribution in [-0.4, -0.2) is 38.2 Å². The number of unbranched alkanes of at least 4 members (excludes halogenated alkanes) is 3. The van der Waals surface area contributed by atoms with Crippen molar-refractivity contribution in [3.05, 3.63) is 29.8 Å². The standard InChI is InChI=1S/C19H31N3O2/c1-3-4-5-6-11-20-19(23)18-12-16(14-22-18)21-13-15-7-9-17(24-2)10-8-15/h7-10,16,18,21-22H,3-6,11-14H2,1-2H3,(H,20,23). The number of methoxy groups -OCH3 is 1. The summed E-state index contributed by atoms with van der Waals surface area (Å²) in [4.78, 5) is 12.2. The third-order valence-corrected chi connectivity index (χ3v) is 4.53. The summed E-state index contributed by atoms with van der Waals surface area (Å²) in [6.07, 6.45) is 5.58. The summed E-state index contributed by atoms with van der Waals surface area (Å²) in [5, 5.41) is 9.89. The Morgan fingerprint density at radius 2 is 2.04 bits per heavy atom. The topological polar surface area (TPSA) is 62.4 Å². The first-order valence-electron chi connectivity index (χ1n) is 9.10. The van der Waals surface area contributed by atoms with Crippen LogP contribution in [0.25, 0.3) is 0 Å². The minimum atomic E-state index is -0.0652. The smallest absolute Gasteiger partial charge is 0.237 e. The molecule has 1 aliphatic rings. The molecule has 1 fully saturated rings. The van der Waals surface area contributed by atoms with Crippen LogP contribution in [0.3, 0.4) is 0 Å². The Hall–Kier alpha value is -1.59. The fourth-order valence-corrected chi connectivity index (χ4v) is 2.98. The van der Waals surface area contributed by atoms with E-state index < -0.39 is 0 Å². The van der Waals surface area contributed by atoms with Crippen molar-refractivity contribution < 1.29 is 9.53 Å². The molecule has 2 atom stereocenters. The van der Waals surface area contributed by atoms with Gasteiger partial charge in [-0.15, -0.1) is 0 Å². The van der Waals surface area contributed by atoms with Crippen LogP contribution in [0.4, 0.5) is 0 Å². The Balaban J connectivity index is 1.64. The lowest BCUT2D eigenvalue weighted by Gasteiger charge is -2.13. The van der Waals surface area contributed by atoms with E-state index in [0.717, 1.165) is 38.2 Å². The molecular formula is C19H31N3O2. The Kier molecular flexibility index (Phi) is 8.05. The molecule has 0 aromatic heterocycles. The van der Waals surface area contributed by atoms with Gasteiger partial charge in [-0.05, 0) is 30.5 Å². The molecular weight excluding hydrogens is 302 g/mol. The lowest BCUT2D eigenvalue weighted by molar-refractivity contribution is -0.122. The van der Waals surface area contributed by atoms with Gasteiger partial charge in [0.25, 0.3) is 0 Å². The van der Waals surface area contributed by atoms with Crippen molar-refractivity contribution in [2.24, 2.45) is 0 Å². The quantitative estimate of drug-likeness (QED) is 0.575. The molecule has 1 aliphatic heterocycles. The van der Waals surface area contributed by atoms with Crippen molar-refractivity contribution in [3.8, 4) is 5.75 Å². The SMILES string of the molecule is CCCCCCNC(=O)C1CC(NCc2ccc(OC)cc2)CN1. The predicted octanol–water partition coefficient (Wildman–Crippen LogP) is 2.21. The largest absolute Gasteiger partial charge is 0.497 e. The van der Waals surface area contributed by atoms with Crippen LogP contribution in [-0.2, 0) is 11.3 Å². The van der Waals surface area contributed by atoms with Crippen LogP contribution in [0.5, 0.6) is 5.75 Å². The predicted molar refractivity (Wildman–Crippen MR) is 97.2 cm³/mol. The first-order chi connectivity index (χ1) is 11.7. The minimum absolute atomic E-state index is 0.0652. The highest BCUT2D eigenvalue weighted by Gasteiger charge is 2.28. The second-order valence-corrected chi connectivity index (χ2v) is 6.47. The summed E-state index contributed by atoms with van der Waals surface area (Å²) in [6, 6.07) is 8.34. The molecule has 3 N–H and O–H groups in total. The summed E-state index contributed by atoms with van der Waals surface area (Å²) in [7, 11) is 1.67. The van der Waals surface area contributed by atoms with Gasteiger partial charge in [-0.25, -0.2) is 0 Å². The molecule has 0 bridgehead atoms. The molecule has 5 heteroatoms. The fourth-order valence-electron chi connectivity index (χ4n) is 2.98. The molecule has 1 heterocycles. The maximum absolute atomic E-state index is 12.2. The van der Waals surface area contributed by atoms with Gasteiger partial charge in [0.1, 0.15) is 5.75 Å². The van der Waals surface area contributed by atoms with E-state index >= 15 is 0 Å². The van der Waals surface area contributed by atoms with E-state index in [1.807, 2.05) is 12.1 Å². The van der Waals surface area contributed by atoms with Gasteiger partial charge in [0, 0.05) is 25.7 Å². The summed E-state index contributed by atoms with van der Waals surface area (Å²) in [6.45, 7) is 4.63. The molecule has 2 unspecified atom stereocenters. The third-order valence-electron chi connectivity index (χ3n) is 4.53. The molecule has 1 amide bonds. The summed E-state index contributed by atoms with van der Waals surface area (Å²) >= 11 is 0. The van der Waals surface area contributed by atoms with E-state index in [-0.39, 0.29) is 11.9 Å². The zero-order valence-corrected chi connectivity index (χ0v) is 14.9. The molecule has 1 aromatic rings. The van der Waals surface area contributed by atoms with Crippen LogP contribution in [0, 0.1) is 0 Å². The average Bonchev–Trinajstić information content (AvgIpc) is 3.09. The number of carbonyl (C=O) groups is 1. The van der Waals surface area contributed by atoms with Crippen LogP contribution in [0.15, 0.2) is 24.3 Å². The summed E-state index contributed by atoms with van der Waals surface area (Å²) in [5.41, 5.74) is 1.22. The van der Waals surface area contributed by atoms with Gasteiger partial charge in [-0.2, -0.15) is 0 Å². The zero-order valence-electron chi connectivity index (χ0n) is 14.9. The number of nitrogens with one attached hydrogen (secondary N) is 3. The first kappa shape index (κ1) is 18.7. The Morgan fingerprint density at radius 1 is 1.25 bits per heavy atom. The van der Waals surface area contributed by atoms with E-state index in [9.17, 15) is 4.79 Å². The van der Waals surface area contributed by atoms with Crippen molar-refractivity contribution in [2.45, 2.75) is 57.7 Å². The number of hydrogen-bond donors (Lipinski definition) is 3. The van der Waals surface area contributed by atoms with Crippen molar-refractivity contribution in [1.82, 2.24) is 16.0 Å². The molecule has 0 spiro atoms. The molecule has 0 aliphatic carbocycles. The van der Waals surface area contributed by atoms with Crippen LogP contribution in [0.1, 0.15) is 44.6 Å². The Bertz CT molecular complexity index is 490. The van der Waals surface area contributed by atoms with Crippen LogP contribution in [0.2, 0.25) is 0 Å². The van der Waals surface area contributed by atoms with Crippen LogP contribution >= 0.6 is 0 Å². The summed E-state index contributed by atoms with van der Waals surface area (Å²) < 4.78 is 5.17. The highest BCUT2D eigenvalue weighted by atomic mass is 16.5. The van der Waals surface area contributed by atoms with E-state index in [2.05, 4.69) is 35.0 Å². The van der Waals surface area contributed by atoms with Gasteiger partial charge in [0.2, 0.25) is 5.91 Å². The van der Waals surface area contributed by atoms with E-state index in [0.29, 0.717) is 6.04 Å². The number of hydrogen-bond acceptors (Lipinski definition) is 4. The molecule has 2 rings (SSSR count). The second kappa shape index (κ2) is 10.3. The highest BCUT2D eigenvalue weighted by molar-refractivity contribution is 5.82. The van der Waals surface area contributed by atoms with E-state index in [4.69, 9.17) is 4.74 Å². The monoisotopic (exact) mass is 333 g/mol. The zero-order chi connectivity index (χ0) is 17.2. The fraction of sp³-hybridized carbons (Fsp3) is 0.632. The molecule has 24 heavy (non-hydrogen) atoms. The van der Waals surface area contributed by atoms with Gasteiger partial charge in [0.15, 0.2) is 0 Å². The van der Waals surface area contributed by atoms with Gasteiger partial charge >= 0.3 is 0 Å². The lowest BCUT2D eigenvalue weighted by atomic mass is 10.1. The van der Waals surface area contributed by atoms with Crippen LogP contribution < -0.4 is 20.7 Å². The number of benzene rings is 1. The van der Waals surface area contributed by atoms with E-state index in [1.54, 1.807) is 7.11 Å². The van der Waals surface area contributed by atoms with Gasteiger partial charge in [-0.3, -0.25) is 4.79 Å². The van der Waals surface area contributed by atoms with Gasteiger partial charge < -0.3 is 20.7 Å². The normalized spacial score (nSPS) is 20.1. The van der Waals surface area contributed by atoms with Gasteiger partial charge in [-0.1, -0.05) is 38.3 Å². The maximum Gasteiger partial charge on any atom is 0.237 e. The molecule has 1 aromatic carbocycles. The molecule has 5 nitrogen and oxygen atoms in total. The lowest BCUT2D eigenvalue weighted by Crippen LogP contribution is -2.40. The third kappa shape index (κ3) is 6.13. The first-order valence-corrected chi connectivity index (χ1v) is 9.10. The van der Waals surface area contributed by atoms with Crippen molar-refractivity contribution in [1.29, 1.82) is 0 Å².